The summed E-state index contributed by atoms with van der Waals surface area (Å²) in [5.41, 5.74) is 2.76. The van der Waals surface area contributed by atoms with Gasteiger partial charge >= 0.3 is 0 Å². The number of rotatable bonds is 1. The lowest BCUT2D eigenvalue weighted by Crippen LogP contribution is -2.34. The van der Waals surface area contributed by atoms with Crippen molar-refractivity contribution in [3.05, 3.63) is 28.2 Å². The van der Waals surface area contributed by atoms with Crippen molar-refractivity contribution in [1.82, 2.24) is 5.32 Å². The molecule has 2 rings (SSSR count). The maximum atomic E-state index is 3.55. The highest BCUT2D eigenvalue weighted by atomic mass is 79.9. The average Bonchev–Trinajstić information content (AvgIpc) is 2.39. The van der Waals surface area contributed by atoms with Gasteiger partial charge in [-0.25, -0.2) is 0 Å². The van der Waals surface area contributed by atoms with Crippen LogP contribution >= 0.6 is 15.9 Å². The van der Waals surface area contributed by atoms with Gasteiger partial charge in [-0.3, -0.25) is 0 Å². The molecule has 1 aliphatic heterocycles. The second kappa shape index (κ2) is 4.54. The molecule has 0 amide bonds. The molecule has 0 unspecified atom stereocenters. The summed E-state index contributed by atoms with van der Waals surface area (Å²) in [5.74, 6) is 0. The molecule has 15 heavy (non-hydrogen) atoms. The number of nitrogens with zero attached hydrogens (tertiary/aromatic N) is 1. The van der Waals surface area contributed by atoms with Crippen LogP contribution in [-0.4, -0.2) is 19.1 Å². The molecule has 2 nitrogen and oxygen atoms in total. The monoisotopic (exact) mass is 268 g/mol. The third-order valence-electron chi connectivity index (χ3n) is 2.83. The smallest absolute Gasteiger partial charge is 0.0425 e. The van der Waals surface area contributed by atoms with E-state index in [1.54, 1.807) is 0 Å². The van der Waals surface area contributed by atoms with Crippen molar-refractivity contribution in [3.8, 4) is 0 Å². The lowest BCUT2D eigenvalue weighted by atomic mass is 10.1. The maximum Gasteiger partial charge on any atom is 0.0425 e. The van der Waals surface area contributed by atoms with Gasteiger partial charge in [0.05, 0.1) is 0 Å². The molecule has 1 N–H and O–H groups in total. The molecule has 1 aromatic carbocycles. The Labute approximate surface area is 99.8 Å². The first kappa shape index (κ1) is 11.0. The summed E-state index contributed by atoms with van der Waals surface area (Å²) < 4.78 is 1.16. The van der Waals surface area contributed by atoms with Crippen molar-refractivity contribution in [2.45, 2.75) is 26.4 Å². The molecule has 3 heteroatoms. The quantitative estimate of drug-likeness (QED) is 0.843. The molecule has 0 spiro atoms. The number of hydrogen-bond donors (Lipinski definition) is 1. The minimum atomic E-state index is 0.554. The number of nitrogens with one attached hydrogen (secondary N) is 1. The van der Waals surface area contributed by atoms with E-state index in [1.165, 1.54) is 11.3 Å². The summed E-state index contributed by atoms with van der Waals surface area (Å²) in [6, 6.07) is 7.10. The predicted octanol–water partition coefficient (Wildman–Crippen LogP) is 2.77. The Morgan fingerprint density at radius 2 is 2.20 bits per heavy atom. The molecule has 82 valence electrons. The number of anilines is 1. The topological polar surface area (TPSA) is 15.3 Å². The Bertz CT molecular complexity index is 349. The largest absolute Gasteiger partial charge is 0.368 e. The molecule has 0 bridgehead atoms. The zero-order valence-electron chi connectivity index (χ0n) is 9.26. The van der Waals surface area contributed by atoms with E-state index in [1.807, 2.05) is 0 Å². The van der Waals surface area contributed by atoms with Crippen LogP contribution in [0.4, 0.5) is 5.69 Å². The summed E-state index contributed by atoms with van der Waals surface area (Å²) >= 11 is 3.55. The Morgan fingerprint density at radius 3 is 2.93 bits per heavy atom. The molecule has 0 saturated heterocycles. The summed E-state index contributed by atoms with van der Waals surface area (Å²) in [7, 11) is 0. The second-order valence-electron chi connectivity index (χ2n) is 4.24. The molecule has 0 atom stereocenters. The van der Waals surface area contributed by atoms with Crippen LogP contribution in [0.25, 0.3) is 0 Å². The van der Waals surface area contributed by atoms with Gasteiger partial charge in [0.2, 0.25) is 0 Å². The SMILES string of the molecule is CC(C)N1CCNCc2ccc(Br)cc21. The van der Waals surface area contributed by atoms with Crippen LogP contribution in [0.5, 0.6) is 0 Å². The normalized spacial score (nSPS) is 16.4. The van der Waals surface area contributed by atoms with Gasteiger partial charge in [0.25, 0.3) is 0 Å². The molecule has 0 aliphatic carbocycles. The van der Waals surface area contributed by atoms with Crippen LogP contribution in [0, 0.1) is 0 Å². The fourth-order valence-electron chi connectivity index (χ4n) is 2.03. The molecule has 0 aromatic heterocycles. The van der Waals surface area contributed by atoms with E-state index in [0.717, 1.165) is 24.1 Å². The van der Waals surface area contributed by atoms with Crippen molar-refractivity contribution in [2.75, 3.05) is 18.0 Å². The first-order chi connectivity index (χ1) is 7.18. The first-order valence-corrected chi connectivity index (χ1v) is 6.23. The molecule has 1 aliphatic rings. The van der Waals surface area contributed by atoms with Gasteiger partial charge in [-0.2, -0.15) is 0 Å². The number of halogens is 1. The number of benzene rings is 1. The van der Waals surface area contributed by atoms with Crippen LogP contribution in [0.3, 0.4) is 0 Å². The van der Waals surface area contributed by atoms with E-state index in [0.29, 0.717) is 6.04 Å². The van der Waals surface area contributed by atoms with Crippen molar-refractivity contribution in [3.63, 3.8) is 0 Å². The minimum Gasteiger partial charge on any atom is -0.368 e. The van der Waals surface area contributed by atoms with Crippen molar-refractivity contribution in [2.24, 2.45) is 0 Å². The predicted molar refractivity (Wildman–Crippen MR) is 68.3 cm³/mol. The van der Waals surface area contributed by atoms with Crippen LogP contribution in [-0.2, 0) is 6.54 Å². The molecular weight excluding hydrogens is 252 g/mol. The Morgan fingerprint density at radius 1 is 1.40 bits per heavy atom. The van der Waals surface area contributed by atoms with Crippen LogP contribution in [0.1, 0.15) is 19.4 Å². The van der Waals surface area contributed by atoms with E-state index in [9.17, 15) is 0 Å². The van der Waals surface area contributed by atoms with E-state index in [-0.39, 0.29) is 0 Å². The Balaban J connectivity index is 2.42. The molecular formula is C12H17BrN2. The third kappa shape index (κ3) is 2.34. The average molecular weight is 269 g/mol. The van der Waals surface area contributed by atoms with Gasteiger partial charge in [0.15, 0.2) is 0 Å². The standard InChI is InChI=1S/C12H17BrN2/c1-9(2)15-6-5-14-8-10-3-4-11(13)7-12(10)15/h3-4,7,9,14H,5-6,8H2,1-2H3. The van der Waals surface area contributed by atoms with Gasteiger partial charge in [-0.1, -0.05) is 22.0 Å². The molecule has 1 heterocycles. The van der Waals surface area contributed by atoms with Gasteiger partial charge in [-0.05, 0) is 31.5 Å². The Kier molecular flexibility index (Phi) is 3.32. The van der Waals surface area contributed by atoms with E-state index in [4.69, 9.17) is 0 Å². The molecule has 1 aromatic rings. The first-order valence-electron chi connectivity index (χ1n) is 5.44. The second-order valence-corrected chi connectivity index (χ2v) is 5.15. The van der Waals surface area contributed by atoms with Gasteiger partial charge < -0.3 is 10.2 Å². The summed E-state index contributed by atoms with van der Waals surface area (Å²) in [5, 5.41) is 3.45. The number of fused-ring (bicyclic) bond motifs is 1. The number of hydrogen-bond acceptors (Lipinski definition) is 2. The van der Waals surface area contributed by atoms with Crippen molar-refractivity contribution >= 4 is 21.6 Å². The van der Waals surface area contributed by atoms with Crippen molar-refractivity contribution < 1.29 is 0 Å². The van der Waals surface area contributed by atoms with E-state index in [2.05, 4.69) is 58.2 Å². The highest BCUT2D eigenvalue weighted by Crippen LogP contribution is 2.27. The van der Waals surface area contributed by atoms with Gasteiger partial charge in [0.1, 0.15) is 0 Å². The zero-order chi connectivity index (χ0) is 10.8. The highest BCUT2D eigenvalue weighted by Gasteiger charge is 2.17. The van der Waals surface area contributed by atoms with Gasteiger partial charge in [0, 0.05) is 35.8 Å². The molecule has 0 saturated carbocycles. The van der Waals surface area contributed by atoms with Crippen molar-refractivity contribution in [1.29, 1.82) is 0 Å². The van der Waals surface area contributed by atoms with Crippen LogP contribution in [0.2, 0.25) is 0 Å². The highest BCUT2D eigenvalue weighted by molar-refractivity contribution is 9.10. The maximum absolute atomic E-state index is 3.55. The summed E-state index contributed by atoms with van der Waals surface area (Å²) in [4.78, 5) is 2.46. The summed E-state index contributed by atoms with van der Waals surface area (Å²) in [6.45, 7) is 7.61. The minimum absolute atomic E-state index is 0.554. The van der Waals surface area contributed by atoms with Gasteiger partial charge in [-0.15, -0.1) is 0 Å². The lowest BCUT2D eigenvalue weighted by Gasteiger charge is -2.28. The van der Waals surface area contributed by atoms with Crippen LogP contribution in [0.15, 0.2) is 22.7 Å². The molecule has 0 fully saturated rings. The summed E-state index contributed by atoms with van der Waals surface area (Å²) in [6.07, 6.45) is 0. The molecule has 0 radical (unpaired) electrons. The Hall–Kier alpha value is -0.540. The lowest BCUT2D eigenvalue weighted by molar-refractivity contribution is 0.647. The van der Waals surface area contributed by atoms with E-state index >= 15 is 0 Å². The van der Waals surface area contributed by atoms with E-state index < -0.39 is 0 Å². The third-order valence-corrected chi connectivity index (χ3v) is 3.32. The zero-order valence-corrected chi connectivity index (χ0v) is 10.8. The van der Waals surface area contributed by atoms with Crippen LogP contribution < -0.4 is 10.2 Å². The fraction of sp³-hybridized carbons (Fsp3) is 0.500. The fourth-order valence-corrected chi connectivity index (χ4v) is 2.38.